The van der Waals surface area contributed by atoms with Crippen LogP contribution in [0.1, 0.15) is 6.92 Å². The van der Waals surface area contributed by atoms with Crippen molar-refractivity contribution in [1.82, 2.24) is 0 Å². The molecule has 0 unspecified atom stereocenters. The molecule has 1 nitrogen and oxygen atoms in total. The molecule has 0 bridgehead atoms. The van der Waals surface area contributed by atoms with Gasteiger partial charge in [-0.15, -0.1) is 0 Å². The fourth-order valence-corrected chi connectivity index (χ4v) is 0.425. The Labute approximate surface area is 63.2 Å². The highest BCUT2D eigenvalue weighted by Gasteiger charge is 2.28. The smallest absolute Gasteiger partial charge is 0.422 e. The van der Waals surface area contributed by atoms with E-state index in [0.717, 1.165) is 0 Å². The average Bonchev–Trinajstić information content (AvgIpc) is 1.88. The number of rotatable bonds is 3. The number of hydrogen-bond acceptors (Lipinski definition) is 1. The molecule has 4 heteroatoms. The van der Waals surface area contributed by atoms with Gasteiger partial charge < -0.3 is 4.74 Å². The van der Waals surface area contributed by atoms with Gasteiger partial charge in [0.1, 0.15) is 5.76 Å². The van der Waals surface area contributed by atoms with Crippen LogP contribution in [0, 0.1) is 0 Å². The summed E-state index contributed by atoms with van der Waals surface area (Å²) >= 11 is 0. The Morgan fingerprint density at radius 2 is 2.09 bits per heavy atom. The first kappa shape index (κ1) is 10.1. The first-order valence-corrected chi connectivity index (χ1v) is 2.98. The van der Waals surface area contributed by atoms with Crippen LogP contribution in [0.15, 0.2) is 24.5 Å². The molecule has 0 amide bonds. The van der Waals surface area contributed by atoms with Gasteiger partial charge in [0, 0.05) is 0 Å². The van der Waals surface area contributed by atoms with Crippen LogP contribution in [-0.2, 0) is 4.74 Å². The summed E-state index contributed by atoms with van der Waals surface area (Å²) in [6.07, 6.45) is -1.64. The molecule has 0 aromatic rings. The van der Waals surface area contributed by atoms with E-state index < -0.39 is 12.8 Å². The van der Waals surface area contributed by atoms with Crippen LogP contribution in [0.4, 0.5) is 13.2 Å². The topological polar surface area (TPSA) is 9.23 Å². The van der Waals surface area contributed by atoms with Crippen LogP contribution in [0.25, 0.3) is 0 Å². The van der Waals surface area contributed by atoms with Crippen molar-refractivity contribution in [1.29, 1.82) is 0 Å². The monoisotopic (exact) mass is 166 g/mol. The summed E-state index contributed by atoms with van der Waals surface area (Å²) in [5.74, 6) is 0.141. The van der Waals surface area contributed by atoms with Crippen LogP contribution in [-0.4, -0.2) is 12.8 Å². The van der Waals surface area contributed by atoms with E-state index in [0.29, 0.717) is 0 Å². The van der Waals surface area contributed by atoms with Crippen LogP contribution in [0.3, 0.4) is 0 Å². The van der Waals surface area contributed by atoms with E-state index >= 15 is 0 Å². The van der Waals surface area contributed by atoms with Gasteiger partial charge >= 0.3 is 6.18 Å². The second-order valence-corrected chi connectivity index (χ2v) is 1.80. The summed E-state index contributed by atoms with van der Waals surface area (Å²) in [6, 6.07) is 0. The Bertz CT molecular complexity index is 158. The van der Waals surface area contributed by atoms with Gasteiger partial charge in [-0.2, -0.15) is 13.2 Å². The van der Waals surface area contributed by atoms with Gasteiger partial charge in [-0.3, -0.25) is 0 Å². The highest BCUT2D eigenvalue weighted by atomic mass is 19.4. The zero-order valence-corrected chi connectivity index (χ0v) is 6.11. The van der Waals surface area contributed by atoms with Crippen molar-refractivity contribution in [3.05, 3.63) is 24.5 Å². The third kappa shape index (κ3) is 5.51. The lowest BCUT2D eigenvalue weighted by atomic mass is 10.4. The number of ether oxygens (including phenoxy) is 1. The molecule has 0 rings (SSSR count). The summed E-state index contributed by atoms with van der Waals surface area (Å²) < 4.78 is 38.8. The minimum atomic E-state index is -4.28. The Morgan fingerprint density at radius 1 is 1.55 bits per heavy atom. The number of allylic oxidation sites excluding steroid dienone is 2. The van der Waals surface area contributed by atoms with Gasteiger partial charge in [-0.25, -0.2) is 0 Å². The molecule has 0 fully saturated rings. The Kier molecular flexibility index (Phi) is 3.71. The van der Waals surface area contributed by atoms with E-state index in [1.165, 1.54) is 12.2 Å². The SMILES string of the molecule is C=CC(=CC)OCC(F)(F)F. The van der Waals surface area contributed by atoms with Gasteiger partial charge in [0.25, 0.3) is 0 Å². The van der Waals surface area contributed by atoms with Gasteiger partial charge in [0.05, 0.1) is 0 Å². The van der Waals surface area contributed by atoms with Crippen molar-refractivity contribution in [3.8, 4) is 0 Å². The first-order valence-electron chi connectivity index (χ1n) is 2.98. The molecule has 11 heavy (non-hydrogen) atoms. The molecule has 0 saturated heterocycles. The summed E-state index contributed by atoms with van der Waals surface area (Å²) in [6.45, 7) is 3.58. The molecule has 0 heterocycles. The molecule has 0 aliphatic rings. The van der Waals surface area contributed by atoms with Crippen molar-refractivity contribution in [2.45, 2.75) is 13.1 Å². The minimum Gasteiger partial charge on any atom is -0.485 e. The maximum atomic E-state index is 11.5. The van der Waals surface area contributed by atoms with E-state index in [-0.39, 0.29) is 5.76 Å². The van der Waals surface area contributed by atoms with Crippen LogP contribution in [0.2, 0.25) is 0 Å². The largest absolute Gasteiger partial charge is 0.485 e. The molecule has 0 saturated carbocycles. The Balaban J connectivity index is 3.79. The van der Waals surface area contributed by atoms with E-state index in [1.807, 2.05) is 0 Å². The lowest BCUT2D eigenvalue weighted by molar-refractivity contribution is -0.163. The molecule has 64 valence electrons. The van der Waals surface area contributed by atoms with E-state index in [9.17, 15) is 13.2 Å². The van der Waals surface area contributed by atoms with Gasteiger partial charge in [0.2, 0.25) is 0 Å². The fraction of sp³-hybridized carbons (Fsp3) is 0.429. The lowest BCUT2D eigenvalue weighted by Gasteiger charge is -2.08. The van der Waals surface area contributed by atoms with Gasteiger partial charge in [-0.1, -0.05) is 6.58 Å². The molecular formula is C7H9F3O. The van der Waals surface area contributed by atoms with Crippen molar-refractivity contribution in [3.63, 3.8) is 0 Å². The molecule has 0 atom stereocenters. The van der Waals surface area contributed by atoms with Crippen molar-refractivity contribution in [2.75, 3.05) is 6.61 Å². The van der Waals surface area contributed by atoms with E-state index in [4.69, 9.17) is 0 Å². The molecule has 0 aromatic heterocycles. The molecular weight excluding hydrogens is 157 g/mol. The third-order valence-corrected chi connectivity index (χ3v) is 0.888. The summed E-state index contributed by atoms with van der Waals surface area (Å²) in [7, 11) is 0. The molecule has 0 aliphatic carbocycles. The summed E-state index contributed by atoms with van der Waals surface area (Å²) in [4.78, 5) is 0. The van der Waals surface area contributed by atoms with Crippen LogP contribution < -0.4 is 0 Å². The van der Waals surface area contributed by atoms with Gasteiger partial charge in [-0.05, 0) is 19.1 Å². The lowest BCUT2D eigenvalue weighted by Crippen LogP contribution is -2.16. The van der Waals surface area contributed by atoms with Crippen molar-refractivity contribution in [2.24, 2.45) is 0 Å². The van der Waals surface area contributed by atoms with E-state index in [2.05, 4.69) is 11.3 Å². The molecule has 0 aliphatic heterocycles. The molecule has 0 radical (unpaired) electrons. The Morgan fingerprint density at radius 3 is 2.36 bits per heavy atom. The zero-order valence-electron chi connectivity index (χ0n) is 6.11. The predicted molar refractivity (Wildman–Crippen MR) is 36.0 cm³/mol. The second-order valence-electron chi connectivity index (χ2n) is 1.80. The maximum absolute atomic E-state index is 11.5. The predicted octanol–water partition coefficient (Wildman–Crippen LogP) is 2.66. The van der Waals surface area contributed by atoms with E-state index in [1.54, 1.807) is 6.92 Å². The highest BCUT2D eigenvalue weighted by Crippen LogP contribution is 2.16. The number of halogens is 3. The van der Waals surface area contributed by atoms with Crippen LogP contribution >= 0.6 is 0 Å². The minimum absolute atomic E-state index is 0.141. The summed E-state index contributed by atoms with van der Waals surface area (Å²) in [5, 5.41) is 0. The number of alkyl halides is 3. The zero-order chi connectivity index (χ0) is 8.91. The maximum Gasteiger partial charge on any atom is 0.422 e. The molecule has 0 spiro atoms. The second kappa shape index (κ2) is 4.05. The third-order valence-electron chi connectivity index (χ3n) is 0.888. The van der Waals surface area contributed by atoms with Gasteiger partial charge in [0.15, 0.2) is 6.61 Å². The highest BCUT2D eigenvalue weighted by molar-refractivity contribution is 5.06. The van der Waals surface area contributed by atoms with Crippen LogP contribution in [0.5, 0.6) is 0 Å². The first-order chi connectivity index (χ1) is 4.99. The van der Waals surface area contributed by atoms with Crippen molar-refractivity contribution >= 4 is 0 Å². The van der Waals surface area contributed by atoms with Crippen molar-refractivity contribution < 1.29 is 17.9 Å². The summed E-state index contributed by atoms with van der Waals surface area (Å²) in [5.41, 5.74) is 0. The fourth-order valence-electron chi connectivity index (χ4n) is 0.425. The quantitative estimate of drug-likeness (QED) is 0.462. The normalized spacial score (nSPS) is 12.9. The Hall–Kier alpha value is -0.930. The molecule has 0 aromatic carbocycles. The molecule has 0 N–H and O–H groups in total. The number of hydrogen-bond donors (Lipinski definition) is 0. The standard InChI is InChI=1S/C7H9F3O/c1-3-6(4-2)11-5-7(8,9)10/h3-4H,1,5H2,2H3. The average molecular weight is 166 g/mol.